The van der Waals surface area contributed by atoms with Crippen LogP contribution in [0.4, 0.5) is 0 Å². The van der Waals surface area contributed by atoms with E-state index >= 15 is 0 Å². The fraction of sp³-hybridized carbons (Fsp3) is 0.278. The van der Waals surface area contributed by atoms with Crippen LogP contribution in [-0.4, -0.2) is 12.4 Å². The Hall–Kier alpha value is -1.61. The maximum atomic E-state index is 12.2. The van der Waals surface area contributed by atoms with Crippen molar-refractivity contribution in [2.24, 2.45) is 0 Å². The summed E-state index contributed by atoms with van der Waals surface area (Å²) >= 11 is 3.47. The predicted octanol–water partition coefficient (Wildman–Crippen LogP) is 5.14. The van der Waals surface area contributed by atoms with E-state index in [0.29, 0.717) is 11.5 Å². The first-order chi connectivity index (χ1) is 9.97. The van der Waals surface area contributed by atoms with E-state index in [4.69, 9.17) is 4.74 Å². The van der Waals surface area contributed by atoms with Crippen molar-refractivity contribution in [1.82, 2.24) is 0 Å². The Labute approximate surface area is 134 Å². The Bertz CT molecular complexity index is 647. The summed E-state index contributed by atoms with van der Waals surface area (Å²) in [5.74, 6) is 1.11. The van der Waals surface area contributed by atoms with Gasteiger partial charge in [-0.15, -0.1) is 0 Å². The Morgan fingerprint density at radius 3 is 2.62 bits per heavy atom. The number of rotatable bonds is 5. The summed E-state index contributed by atoms with van der Waals surface area (Å²) in [6, 6.07) is 13.4. The molecule has 2 rings (SSSR count). The van der Waals surface area contributed by atoms with Gasteiger partial charge < -0.3 is 4.74 Å². The van der Waals surface area contributed by atoms with Gasteiger partial charge in [-0.1, -0.05) is 53.5 Å². The highest BCUT2D eigenvalue weighted by molar-refractivity contribution is 9.10. The largest absolute Gasteiger partial charge is 0.485 e. The van der Waals surface area contributed by atoms with Crippen LogP contribution < -0.4 is 4.74 Å². The minimum Gasteiger partial charge on any atom is -0.485 e. The third-order valence-electron chi connectivity index (χ3n) is 3.29. The minimum atomic E-state index is -0.00340. The SMILES string of the molecule is Cc1cccc(C(=O)COc2ccc(Br)cc2C(C)C)c1. The molecule has 0 fully saturated rings. The number of aryl methyl sites for hydroxylation is 1. The molecule has 0 spiro atoms. The van der Waals surface area contributed by atoms with Crippen molar-refractivity contribution in [3.8, 4) is 5.75 Å². The number of halogens is 1. The topological polar surface area (TPSA) is 26.3 Å². The lowest BCUT2D eigenvalue weighted by Gasteiger charge is -2.14. The van der Waals surface area contributed by atoms with Crippen molar-refractivity contribution in [2.45, 2.75) is 26.7 Å². The van der Waals surface area contributed by atoms with Gasteiger partial charge >= 0.3 is 0 Å². The highest BCUT2D eigenvalue weighted by atomic mass is 79.9. The summed E-state index contributed by atoms with van der Waals surface area (Å²) in [4.78, 5) is 12.2. The molecule has 2 nitrogen and oxygen atoms in total. The summed E-state index contributed by atoms with van der Waals surface area (Å²) in [6.45, 7) is 6.25. The highest BCUT2D eigenvalue weighted by Gasteiger charge is 2.11. The van der Waals surface area contributed by atoms with Crippen LogP contribution in [0.3, 0.4) is 0 Å². The molecule has 0 saturated carbocycles. The first kappa shape index (κ1) is 15.8. The van der Waals surface area contributed by atoms with E-state index in [9.17, 15) is 4.79 Å². The zero-order valence-corrected chi connectivity index (χ0v) is 14.1. The normalized spacial score (nSPS) is 10.7. The molecule has 0 aliphatic rings. The molecule has 0 heterocycles. The van der Waals surface area contributed by atoms with E-state index in [2.05, 4.69) is 29.8 Å². The molecule has 0 atom stereocenters. The van der Waals surface area contributed by atoms with Crippen molar-refractivity contribution in [3.05, 3.63) is 63.6 Å². The van der Waals surface area contributed by atoms with Crippen molar-refractivity contribution >= 4 is 21.7 Å². The number of carbonyl (C=O) groups is 1. The van der Waals surface area contributed by atoms with Crippen LogP contribution >= 0.6 is 15.9 Å². The lowest BCUT2D eigenvalue weighted by atomic mass is 10.0. The third-order valence-corrected chi connectivity index (χ3v) is 3.79. The van der Waals surface area contributed by atoms with E-state index in [1.807, 2.05) is 49.4 Å². The molecule has 3 heteroatoms. The van der Waals surface area contributed by atoms with Crippen LogP contribution in [-0.2, 0) is 0 Å². The molecule has 0 radical (unpaired) electrons. The van der Waals surface area contributed by atoms with E-state index in [-0.39, 0.29) is 12.4 Å². The van der Waals surface area contributed by atoms with Crippen molar-refractivity contribution in [3.63, 3.8) is 0 Å². The van der Waals surface area contributed by atoms with Gasteiger partial charge in [0.15, 0.2) is 12.4 Å². The average molecular weight is 347 g/mol. The van der Waals surface area contributed by atoms with Gasteiger partial charge in [-0.25, -0.2) is 0 Å². The lowest BCUT2D eigenvalue weighted by Crippen LogP contribution is -2.12. The standard InChI is InChI=1S/C18H19BrO2/c1-12(2)16-10-15(19)7-8-18(16)21-11-17(20)14-6-4-5-13(3)9-14/h4-10,12H,11H2,1-3H3. The summed E-state index contributed by atoms with van der Waals surface area (Å²) < 4.78 is 6.76. The van der Waals surface area contributed by atoms with E-state index < -0.39 is 0 Å². The van der Waals surface area contributed by atoms with Crippen molar-refractivity contribution < 1.29 is 9.53 Å². The number of hydrogen-bond acceptors (Lipinski definition) is 2. The number of ether oxygens (including phenoxy) is 1. The van der Waals surface area contributed by atoms with Crippen LogP contribution in [0.5, 0.6) is 5.75 Å². The molecule has 0 unspecified atom stereocenters. The lowest BCUT2D eigenvalue weighted by molar-refractivity contribution is 0.0920. The predicted molar refractivity (Wildman–Crippen MR) is 89.2 cm³/mol. The molecule has 110 valence electrons. The highest BCUT2D eigenvalue weighted by Crippen LogP contribution is 2.29. The minimum absolute atomic E-state index is 0.00340. The smallest absolute Gasteiger partial charge is 0.200 e. The van der Waals surface area contributed by atoms with Gasteiger partial charge in [-0.3, -0.25) is 4.79 Å². The molecular weight excluding hydrogens is 328 g/mol. The molecule has 0 aliphatic heterocycles. The number of ketones is 1. The second-order valence-electron chi connectivity index (χ2n) is 5.42. The maximum Gasteiger partial charge on any atom is 0.200 e. The van der Waals surface area contributed by atoms with Gasteiger partial charge in [-0.05, 0) is 42.7 Å². The second kappa shape index (κ2) is 6.90. The van der Waals surface area contributed by atoms with Crippen LogP contribution in [0.25, 0.3) is 0 Å². The van der Waals surface area contributed by atoms with Gasteiger partial charge in [-0.2, -0.15) is 0 Å². The van der Waals surface area contributed by atoms with Gasteiger partial charge in [0.05, 0.1) is 0 Å². The fourth-order valence-corrected chi connectivity index (χ4v) is 2.53. The molecule has 2 aromatic carbocycles. The number of benzene rings is 2. The van der Waals surface area contributed by atoms with Gasteiger partial charge in [0.1, 0.15) is 5.75 Å². The summed E-state index contributed by atoms with van der Waals surface area (Å²) in [7, 11) is 0. The van der Waals surface area contributed by atoms with Crippen LogP contribution in [0, 0.1) is 6.92 Å². The van der Waals surface area contributed by atoms with E-state index in [0.717, 1.165) is 21.3 Å². The van der Waals surface area contributed by atoms with E-state index in [1.54, 1.807) is 0 Å². The monoisotopic (exact) mass is 346 g/mol. The Balaban J connectivity index is 2.11. The third kappa shape index (κ3) is 4.18. The zero-order valence-electron chi connectivity index (χ0n) is 12.5. The Kier molecular flexibility index (Phi) is 5.18. The molecular formula is C18H19BrO2. The first-order valence-electron chi connectivity index (χ1n) is 6.99. The van der Waals surface area contributed by atoms with E-state index in [1.165, 1.54) is 0 Å². The molecule has 0 N–H and O–H groups in total. The number of Topliss-reactive ketones (excluding diaryl/α,β-unsaturated/α-hetero) is 1. The summed E-state index contributed by atoms with van der Waals surface area (Å²) in [6.07, 6.45) is 0. The quantitative estimate of drug-likeness (QED) is 0.700. The molecule has 0 aromatic heterocycles. The van der Waals surface area contributed by atoms with Crippen LogP contribution in [0.15, 0.2) is 46.9 Å². The first-order valence-corrected chi connectivity index (χ1v) is 7.79. The Morgan fingerprint density at radius 1 is 1.19 bits per heavy atom. The van der Waals surface area contributed by atoms with Gasteiger partial charge in [0.25, 0.3) is 0 Å². The molecule has 0 aliphatic carbocycles. The number of hydrogen-bond donors (Lipinski definition) is 0. The summed E-state index contributed by atoms with van der Waals surface area (Å²) in [5, 5.41) is 0. The van der Waals surface area contributed by atoms with Crippen LogP contribution in [0.2, 0.25) is 0 Å². The average Bonchev–Trinajstić information content (AvgIpc) is 2.45. The molecule has 2 aromatic rings. The molecule has 0 saturated heterocycles. The molecule has 0 amide bonds. The number of carbonyl (C=O) groups excluding carboxylic acids is 1. The molecule has 0 bridgehead atoms. The maximum absolute atomic E-state index is 12.2. The summed E-state index contributed by atoms with van der Waals surface area (Å²) in [5.41, 5.74) is 2.87. The van der Waals surface area contributed by atoms with Crippen molar-refractivity contribution in [2.75, 3.05) is 6.61 Å². The van der Waals surface area contributed by atoms with Gasteiger partial charge in [0.2, 0.25) is 0 Å². The Morgan fingerprint density at radius 2 is 1.95 bits per heavy atom. The fourth-order valence-electron chi connectivity index (χ4n) is 2.15. The van der Waals surface area contributed by atoms with Crippen molar-refractivity contribution in [1.29, 1.82) is 0 Å². The zero-order chi connectivity index (χ0) is 15.4. The molecule has 21 heavy (non-hydrogen) atoms. The van der Waals surface area contributed by atoms with Crippen LogP contribution in [0.1, 0.15) is 41.3 Å². The second-order valence-corrected chi connectivity index (χ2v) is 6.33. The van der Waals surface area contributed by atoms with Gasteiger partial charge in [0, 0.05) is 10.0 Å².